The predicted octanol–water partition coefficient (Wildman–Crippen LogP) is 4.23. The van der Waals surface area contributed by atoms with Gasteiger partial charge in [-0.15, -0.1) is 11.3 Å². The Morgan fingerprint density at radius 3 is 2.70 bits per heavy atom. The van der Waals surface area contributed by atoms with Crippen LogP contribution in [0.5, 0.6) is 5.75 Å². The molecule has 0 aliphatic rings. The fourth-order valence-electron chi connectivity index (χ4n) is 2.09. The number of aryl methyl sites for hydroxylation is 2. The number of hydrogen-bond acceptors (Lipinski definition) is 4. The molecule has 0 saturated carbocycles. The van der Waals surface area contributed by atoms with Gasteiger partial charge in [0.05, 0.1) is 18.8 Å². The second kappa shape index (κ2) is 6.70. The smallest absolute Gasteiger partial charge is 0.124 e. The summed E-state index contributed by atoms with van der Waals surface area (Å²) in [7, 11) is 1.70. The number of ether oxygens (including phenoxy) is 1. The van der Waals surface area contributed by atoms with Crippen molar-refractivity contribution in [3.8, 4) is 5.75 Å². The van der Waals surface area contributed by atoms with Gasteiger partial charge in [-0.1, -0.05) is 22.9 Å². The summed E-state index contributed by atoms with van der Waals surface area (Å²) in [5.74, 6) is 0.879. The van der Waals surface area contributed by atoms with Gasteiger partial charge in [-0.2, -0.15) is 0 Å². The van der Waals surface area contributed by atoms with Gasteiger partial charge in [0, 0.05) is 14.9 Å². The summed E-state index contributed by atoms with van der Waals surface area (Å²) >= 11 is 5.27. The molecule has 2 aromatic rings. The minimum Gasteiger partial charge on any atom is -0.496 e. The molecule has 1 unspecified atom stereocenters. The Kier molecular flexibility index (Phi) is 5.18. The molecule has 0 aliphatic heterocycles. The molecule has 0 amide bonds. The standard InChI is InChI=1S/C15H19BrN2OS/c1-5-17-14(15-18-9(2)10(3)20-15)12-8-11(16)6-7-13(12)19-4/h6-8,14,17H,5H2,1-4H3. The van der Waals surface area contributed by atoms with Crippen LogP contribution >= 0.6 is 27.3 Å². The predicted molar refractivity (Wildman–Crippen MR) is 87.8 cm³/mol. The van der Waals surface area contributed by atoms with Crippen LogP contribution in [0.15, 0.2) is 22.7 Å². The van der Waals surface area contributed by atoms with Gasteiger partial charge in [0.1, 0.15) is 10.8 Å². The van der Waals surface area contributed by atoms with Gasteiger partial charge in [-0.25, -0.2) is 4.98 Å². The lowest BCUT2D eigenvalue weighted by atomic mass is 10.1. The van der Waals surface area contributed by atoms with E-state index in [0.29, 0.717) is 0 Å². The van der Waals surface area contributed by atoms with Crippen molar-refractivity contribution in [1.82, 2.24) is 10.3 Å². The molecule has 0 fully saturated rings. The summed E-state index contributed by atoms with van der Waals surface area (Å²) in [4.78, 5) is 5.96. The lowest BCUT2D eigenvalue weighted by Crippen LogP contribution is -2.22. The molecular weight excluding hydrogens is 336 g/mol. The fraction of sp³-hybridized carbons (Fsp3) is 0.400. The maximum absolute atomic E-state index is 5.50. The third-order valence-corrected chi connectivity index (χ3v) is 4.83. The highest BCUT2D eigenvalue weighted by Crippen LogP contribution is 2.34. The first-order valence-electron chi connectivity index (χ1n) is 6.57. The SMILES string of the molecule is CCNC(c1nc(C)c(C)s1)c1cc(Br)ccc1OC. The Morgan fingerprint density at radius 2 is 2.15 bits per heavy atom. The van der Waals surface area contributed by atoms with E-state index < -0.39 is 0 Å². The van der Waals surface area contributed by atoms with Gasteiger partial charge in [0.15, 0.2) is 0 Å². The second-order valence-electron chi connectivity index (χ2n) is 4.57. The quantitative estimate of drug-likeness (QED) is 0.872. The lowest BCUT2D eigenvalue weighted by molar-refractivity contribution is 0.404. The van der Waals surface area contributed by atoms with Crippen LogP contribution in [-0.4, -0.2) is 18.6 Å². The van der Waals surface area contributed by atoms with Crippen molar-refractivity contribution in [1.29, 1.82) is 0 Å². The zero-order valence-corrected chi connectivity index (χ0v) is 14.6. The number of halogens is 1. The van der Waals surface area contributed by atoms with Crippen LogP contribution in [0.3, 0.4) is 0 Å². The number of nitrogens with one attached hydrogen (secondary N) is 1. The molecule has 0 bridgehead atoms. The minimum absolute atomic E-state index is 0.0600. The van der Waals surface area contributed by atoms with E-state index >= 15 is 0 Å². The summed E-state index contributed by atoms with van der Waals surface area (Å²) in [6.07, 6.45) is 0. The monoisotopic (exact) mass is 354 g/mol. The van der Waals surface area contributed by atoms with E-state index in [1.165, 1.54) is 4.88 Å². The van der Waals surface area contributed by atoms with Crippen LogP contribution in [0, 0.1) is 13.8 Å². The maximum Gasteiger partial charge on any atom is 0.124 e. The summed E-state index contributed by atoms with van der Waals surface area (Å²) < 4.78 is 6.54. The summed E-state index contributed by atoms with van der Waals surface area (Å²) in [6.45, 7) is 7.14. The van der Waals surface area contributed by atoms with Crippen LogP contribution in [0.2, 0.25) is 0 Å². The van der Waals surface area contributed by atoms with E-state index in [2.05, 4.69) is 48.1 Å². The normalized spacial score (nSPS) is 12.4. The van der Waals surface area contributed by atoms with Crippen LogP contribution < -0.4 is 10.1 Å². The molecule has 0 spiro atoms. The Labute approximate surface area is 132 Å². The molecule has 3 nitrogen and oxygen atoms in total. The molecule has 0 aliphatic carbocycles. The molecule has 20 heavy (non-hydrogen) atoms. The summed E-state index contributed by atoms with van der Waals surface area (Å²) in [5, 5.41) is 4.59. The highest BCUT2D eigenvalue weighted by molar-refractivity contribution is 9.10. The third-order valence-electron chi connectivity index (χ3n) is 3.20. The van der Waals surface area contributed by atoms with Gasteiger partial charge >= 0.3 is 0 Å². The number of nitrogens with zero attached hydrogens (tertiary/aromatic N) is 1. The topological polar surface area (TPSA) is 34.2 Å². The Hall–Kier alpha value is -0.910. The largest absolute Gasteiger partial charge is 0.496 e. The van der Waals surface area contributed by atoms with Gasteiger partial charge in [-0.05, 0) is 38.6 Å². The molecule has 1 aromatic heterocycles. The van der Waals surface area contributed by atoms with Gasteiger partial charge in [-0.3, -0.25) is 0 Å². The molecule has 1 N–H and O–H groups in total. The number of rotatable bonds is 5. The zero-order valence-electron chi connectivity index (χ0n) is 12.2. The fourth-order valence-corrected chi connectivity index (χ4v) is 3.48. The number of methoxy groups -OCH3 is 1. The van der Waals surface area contributed by atoms with Crippen LogP contribution in [0.1, 0.15) is 34.1 Å². The van der Waals surface area contributed by atoms with Crippen molar-refractivity contribution in [3.05, 3.63) is 43.8 Å². The Bertz CT molecular complexity index is 578. The van der Waals surface area contributed by atoms with E-state index in [9.17, 15) is 0 Å². The molecule has 0 radical (unpaired) electrons. The summed E-state index contributed by atoms with van der Waals surface area (Å²) in [5.41, 5.74) is 2.21. The first-order chi connectivity index (χ1) is 9.56. The van der Waals surface area contributed by atoms with Gasteiger partial charge in [0.2, 0.25) is 0 Å². The van der Waals surface area contributed by atoms with Gasteiger partial charge < -0.3 is 10.1 Å². The van der Waals surface area contributed by atoms with E-state index in [0.717, 1.165) is 33.0 Å². The molecule has 0 saturated heterocycles. The second-order valence-corrected chi connectivity index (χ2v) is 6.72. The number of thiazole rings is 1. The molecule has 1 atom stereocenters. The van der Waals surface area contributed by atoms with Crippen molar-refractivity contribution in [3.63, 3.8) is 0 Å². The van der Waals surface area contributed by atoms with Gasteiger partial charge in [0.25, 0.3) is 0 Å². The maximum atomic E-state index is 5.50. The lowest BCUT2D eigenvalue weighted by Gasteiger charge is -2.19. The first kappa shape index (κ1) is 15.5. The zero-order chi connectivity index (χ0) is 14.7. The molecule has 108 valence electrons. The molecule has 5 heteroatoms. The number of benzene rings is 1. The van der Waals surface area contributed by atoms with Crippen LogP contribution in [0.25, 0.3) is 0 Å². The highest BCUT2D eigenvalue weighted by Gasteiger charge is 2.21. The van der Waals surface area contributed by atoms with E-state index in [1.807, 2.05) is 12.1 Å². The summed E-state index contributed by atoms with van der Waals surface area (Å²) in [6, 6.07) is 6.13. The molecule has 2 rings (SSSR count). The highest BCUT2D eigenvalue weighted by atomic mass is 79.9. The van der Waals surface area contributed by atoms with E-state index in [1.54, 1.807) is 18.4 Å². The van der Waals surface area contributed by atoms with Crippen molar-refractivity contribution < 1.29 is 4.74 Å². The Morgan fingerprint density at radius 1 is 1.40 bits per heavy atom. The average molecular weight is 355 g/mol. The van der Waals surface area contributed by atoms with Crippen LogP contribution in [-0.2, 0) is 0 Å². The molecular formula is C15H19BrN2OS. The average Bonchev–Trinajstić information content (AvgIpc) is 2.75. The third kappa shape index (κ3) is 3.22. The molecule has 1 heterocycles. The first-order valence-corrected chi connectivity index (χ1v) is 8.18. The number of hydrogen-bond donors (Lipinski definition) is 1. The minimum atomic E-state index is 0.0600. The van der Waals surface area contributed by atoms with Crippen molar-refractivity contribution in [2.24, 2.45) is 0 Å². The van der Waals surface area contributed by atoms with Crippen molar-refractivity contribution in [2.75, 3.05) is 13.7 Å². The molecule has 1 aromatic carbocycles. The Balaban J connectivity index is 2.50. The van der Waals surface area contributed by atoms with E-state index in [4.69, 9.17) is 9.72 Å². The van der Waals surface area contributed by atoms with E-state index in [-0.39, 0.29) is 6.04 Å². The van der Waals surface area contributed by atoms with Crippen LogP contribution in [0.4, 0.5) is 0 Å². The number of aromatic nitrogens is 1. The van der Waals surface area contributed by atoms with Crippen molar-refractivity contribution in [2.45, 2.75) is 26.8 Å². The van der Waals surface area contributed by atoms with Crippen molar-refractivity contribution >= 4 is 27.3 Å².